The Balaban J connectivity index is 1.74. The molecule has 0 fully saturated rings. The van der Waals surface area contributed by atoms with E-state index in [0.29, 0.717) is 25.8 Å². The minimum atomic E-state index is -3.58. The number of amides is 1. The third-order valence-corrected chi connectivity index (χ3v) is 6.83. The van der Waals surface area contributed by atoms with Crippen LogP contribution in [0.3, 0.4) is 0 Å². The first-order valence-electron chi connectivity index (χ1n) is 8.81. The number of nitrogens with zero attached hydrogens (tertiary/aromatic N) is 2. The van der Waals surface area contributed by atoms with Gasteiger partial charge in [-0.25, -0.2) is 12.7 Å². The van der Waals surface area contributed by atoms with E-state index >= 15 is 0 Å². The molecule has 2 aromatic carbocycles. The summed E-state index contributed by atoms with van der Waals surface area (Å²) in [4.78, 5) is 13.6. The minimum absolute atomic E-state index is 0.0507. The molecule has 0 N–H and O–H groups in total. The molecule has 1 heterocycles. The molecule has 6 nitrogen and oxygen atoms in total. The Bertz CT molecular complexity index is 939. The van der Waals surface area contributed by atoms with Crippen molar-refractivity contribution in [2.75, 3.05) is 32.6 Å². The topological polar surface area (TPSA) is 66.9 Å². The van der Waals surface area contributed by atoms with E-state index in [-0.39, 0.29) is 10.8 Å². The third kappa shape index (κ3) is 3.99. The molecule has 0 aliphatic carbocycles. The van der Waals surface area contributed by atoms with E-state index in [1.165, 1.54) is 4.31 Å². The van der Waals surface area contributed by atoms with Crippen LogP contribution in [-0.4, -0.2) is 46.4 Å². The molecule has 0 radical (unpaired) electrons. The van der Waals surface area contributed by atoms with Gasteiger partial charge in [-0.15, -0.1) is 0 Å². The van der Waals surface area contributed by atoms with Crippen molar-refractivity contribution in [2.24, 2.45) is 0 Å². The second-order valence-corrected chi connectivity index (χ2v) is 8.71. The molecule has 7 heteroatoms. The monoisotopic (exact) mass is 388 g/mol. The van der Waals surface area contributed by atoms with Gasteiger partial charge in [0.15, 0.2) is 0 Å². The van der Waals surface area contributed by atoms with Crippen LogP contribution in [0, 0.1) is 0 Å². The highest BCUT2D eigenvalue weighted by Gasteiger charge is 2.25. The van der Waals surface area contributed by atoms with Crippen molar-refractivity contribution in [1.82, 2.24) is 4.31 Å². The van der Waals surface area contributed by atoms with Crippen molar-refractivity contribution in [3.05, 3.63) is 53.6 Å². The number of anilines is 1. The van der Waals surface area contributed by atoms with Gasteiger partial charge in [0.25, 0.3) is 0 Å². The molecule has 1 amide bonds. The molecule has 0 spiro atoms. The molecule has 27 heavy (non-hydrogen) atoms. The van der Waals surface area contributed by atoms with Crippen LogP contribution in [0.2, 0.25) is 0 Å². The third-order valence-electron chi connectivity index (χ3n) is 4.98. The number of methoxy groups -OCH3 is 1. The molecule has 0 saturated heterocycles. The van der Waals surface area contributed by atoms with Crippen LogP contribution in [0.25, 0.3) is 0 Å². The quantitative estimate of drug-likeness (QED) is 0.762. The number of ether oxygens (including phenoxy) is 1. The number of carbonyl (C=O) groups excluding carboxylic acids is 1. The lowest BCUT2D eigenvalue weighted by molar-refractivity contribution is -0.118. The first kappa shape index (κ1) is 19.4. The van der Waals surface area contributed by atoms with Gasteiger partial charge in [0.05, 0.1) is 12.0 Å². The average Bonchev–Trinajstić information content (AvgIpc) is 2.69. The number of hydrogen-bond acceptors (Lipinski definition) is 4. The normalized spacial score (nSPS) is 14.4. The highest BCUT2D eigenvalue weighted by atomic mass is 32.2. The van der Waals surface area contributed by atoms with Crippen LogP contribution >= 0.6 is 0 Å². The van der Waals surface area contributed by atoms with Gasteiger partial charge in [-0.05, 0) is 54.3 Å². The minimum Gasteiger partial charge on any atom is -0.497 e. The number of carbonyl (C=O) groups is 1. The summed E-state index contributed by atoms with van der Waals surface area (Å²) in [6.45, 7) is 0.379. The molecule has 0 bridgehead atoms. The summed E-state index contributed by atoms with van der Waals surface area (Å²) in [6, 6.07) is 12.6. The molecular weight excluding hydrogens is 364 g/mol. The highest BCUT2D eigenvalue weighted by Crippen LogP contribution is 2.29. The number of rotatable bonds is 6. The number of aryl methyl sites for hydroxylation is 1. The van der Waals surface area contributed by atoms with Crippen LogP contribution in [0.4, 0.5) is 5.69 Å². The first-order valence-corrected chi connectivity index (χ1v) is 10.3. The molecule has 1 aliphatic rings. The maximum Gasteiger partial charge on any atom is 0.242 e. The van der Waals surface area contributed by atoms with E-state index < -0.39 is 10.0 Å². The van der Waals surface area contributed by atoms with E-state index in [4.69, 9.17) is 4.74 Å². The molecule has 0 atom stereocenters. The summed E-state index contributed by atoms with van der Waals surface area (Å²) >= 11 is 0. The van der Waals surface area contributed by atoms with Crippen molar-refractivity contribution >= 4 is 21.6 Å². The van der Waals surface area contributed by atoms with Crippen LogP contribution in [0.1, 0.15) is 17.5 Å². The van der Waals surface area contributed by atoms with E-state index in [1.807, 2.05) is 24.3 Å². The SMILES string of the molecule is COc1ccc(CCN(C)S(=O)(=O)c2ccc3c(c2)CCC(=O)N3C)cc1. The Kier molecular flexibility index (Phi) is 5.53. The summed E-state index contributed by atoms with van der Waals surface area (Å²) < 4.78 is 32.3. The molecule has 3 rings (SSSR count). The van der Waals surface area contributed by atoms with E-state index in [1.54, 1.807) is 44.3 Å². The molecule has 2 aromatic rings. The molecular formula is C20H24N2O4S. The van der Waals surface area contributed by atoms with Gasteiger partial charge in [-0.2, -0.15) is 0 Å². The Morgan fingerprint density at radius 1 is 1.11 bits per heavy atom. The van der Waals surface area contributed by atoms with Gasteiger partial charge < -0.3 is 9.64 Å². The number of sulfonamides is 1. The number of likely N-dealkylation sites (N-methyl/N-ethyl adjacent to an activating group) is 1. The van der Waals surface area contributed by atoms with E-state index in [2.05, 4.69) is 0 Å². The van der Waals surface area contributed by atoms with Gasteiger partial charge in [0, 0.05) is 32.7 Å². The molecule has 0 unspecified atom stereocenters. The molecule has 0 aromatic heterocycles. The predicted octanol–water partition coefficient (Wildman–Crippen LogP) is 2.47. The van der Waals surface area contributed by atoms with Gasteiger partial charge in [0.1, 0.15) is 5.75 Å². The van der Waals surface area contributed by atoms with Crippen LogP contribution in [0.5, 0.6) is 5.75 Å². The molecule has 0 saturated carbocycles. The number of fused-ring (bicyclic) bond motifs is 1. The van der Waals surface area contributed by atoms with Gasteiger partial charge in [-0.1, -0.05) is 12.1 Å². The van der Waals surface area contributed by atoms with Crippen molar-refractivity contribution in [3.8, 4) is 5.75 Å². The van der Waals surface area contributed by atoms with E-state index in [9.17, 15) is 13.2 Å². The first-order chi connectivity index (χ1) is 12.8. The number of hydrogen-bond donors (Lipinski definition) is 0. The summed E-state index contributed by atoms with van der Waals surface area (Å²) in [6.07, 6.45) is 1.58. The highest BCUT2D eigenvalue weighted by molar-refractivity contribution is 7.89. The zero-order valence-electron chi connectivity index (χ0n) is 15.8. The fourth-order valence-electron chi connectivity index (χ4n) is 3.17. The van der Waals surface area contributed by atoms with Crippen molar-refractivity contribution in [2.45, 2.75) is 24.2 Å². The van der Waals surface area contributed by atoms with Crippen LogP contribution in [-0.2, 0) is 27.7 Å². The van der Waals surface area contributed by atoms with E-state index in [0.717, 1.165) is 22.6 Å². The second kappa shape index (κ2) is 7.70. The van der Waals surface area contributed by atoms with Crippen LogP contribution in [0.15, 0.2) is 47.4 Å². The molecule has 144 valence electrons. The Morgan fingerprint density at radius 2 is 1.81 bits per heavy atom. The maximum absolute atomic E-state index is 12.9. The van der Waals surface area contributed by atoms with Crippen molar-refractivity contribution < 1.29 is 17.9 Å². The fourth-order valence-corrected chi connectivity index (χ4v) is 4.40. The Morgan fingerprint density at radius 3 is 2.48 bits per heavy atom. The predicted molar refractivity (Wildman–Crippen MR) is 105 cm³/mol. The Labute approximate surface area is 160 Å². The fraction of sp³-hybridized carbons (Fsp3) is 0.350. The number of benzene rings is 2. The standard InChI is InChI=1S/C20H24N2O4S/c1-21(13-12-15-4-7-17(26-3)8-5-15)27(24,25)18-9-10-19-16(14-18)6-11-20(23)22(19)2/h4-5,7-10,14H,6,11-13H2,1-3H3. The smallest absolute Gasteiger partial charge is 0.242 e. The largest absolute Gasteiger partial charge is 0.497 e. The summed E-state index contributed by atoms with van der Waals surface area (Å²) in [5.74, 6) is 0.826. The second-order valence-electron chi connectivity index (χ2n) is 6.67. The Hall–Kier alpha value is -2.38. The maximum atomic E-state index is 12.9. The molecule has 1 aliphatic heterocycles. The lowest BCUT2D eigenvalue weighted by Crippen LogP contribution is -2.32. The lowest BCUT2D eigenvalue weighted by atomic mass is 10.0. The van der Waals surface area contributed by atoms with Gasteiger partial charge >= 0.3 is 0 Å². The summed E-state index contributed by atoms with van der Waals surface area (Å²) in [5.41, 5.74) is 2.72. The van der Waals surface area contributed by atoms with Gasteiger partial charge in [-0.3, -0.25) is 4.79 Å². The van der Waals surface area contributed by atoms with Gasteiger partial charge in [0.2, 0.25) is 15.9 Å². The van der Waals surface area contributed by atoms with Crippen molar-refractivity contribution in [1.29, 1.82) is 0 Å². The summed E-state index contributed by atoms with van der Waals surface area (Å²) in [5, 5.41) is 0. The summed E-state index contributed by atoms with van der Waals surface area (Å²) in [7, 11) is 1.34. The van der Waals surface area contributed by atoms with Crippen molar-refractivity contribution in [3.63, 3.8) is 0 Å². The average molecular weight is 388 g/mol. The van der Waals surface area contributed by atoms with Crippen LogP contribution < -0.4 is 9.64 Å². The zero-order chi connectivity index (χ0) is 19.6. The lowest BCUT2D eigenvalue weighted by Gasteiger charge is -2.26. The zero-order valence-corrected chi connectivity index (χ0v) is 16.6.